The van der Waals surface area contributed by atoms with Crippen LogP contribution in [0.15, 0.2) is 48.7 Å². The summed E-state index contributed by atoms with van der Waals surface area (Å²) in [5, 5.41) is 10.6. The minimum atomic E-state index is -3.47. The molecule has 0 aliphatic carbocycles. The molecule has 2 aromatic rings. The zero-order valence-corrected chi connectivity index (χ0v) is 14.3. The molecule has 0 unspecified atom stereocenters. The summed E-state index contributed by atoms with van der Waals surface area (Å²) in [6, 6.07) is 10.9. The van der Waals surface area contributed by atoms with E-state index in [9.17, 15) is 18.5 Å². The van der Waals surface area contributed by atoms with E-state index in [0.29, 0.717) is 12.1 Å². The molecule has 0 spiro atoms. The van der Waals surface area contributed by atoms with Gasteiger partial charge in [-0.1, -0.05) is 18.2 Å². The van der Waals surface area contributed by atoms with Crippen LogP contribution in [0.4, 0.5) is 5.69 Å². The first-order valence-electron chi connectivity index (χ1n) is 7.41. The van der Waals surface area contributed by atoms with Gasteiger partial charge in [-0.2, -0.15) is 4.31 Å². The van der Waals surface area contributed by atoms with Crippen molar-refractivity contribution in [3.8, 4) is 0 Å². The topological polar surface area (TPSA) is 93.4 Å². The van der Waals surface area contributed by atoms with E-state index in [1.165, 1.54) is 23.5 Å². The smallest absolute Gasteiger partial charge is 0.260 e. The largest absolute Gasteiger partial charge is 0.269 e. The van der Waals surface area contributed by atoms with Gasteiger partial charge in [-0.05, 0) is 31.0 Å². The number of aromatic nitrogens is 1. The molecule has 0 amide bonds. The number of hydrogen-bond donors (Lipinski definition) is 0. The van der Waals surface area contributed by atoms with E-state index in [-0.39, 0.29) is 17.5 Å². The second kappa shape index (κ2) is 7.50. The Hall–Kier alpha value is -2.32. The first kappa shape index (κ1) is 18.0. The fraction of sp³-hybridized carbons (Fsp3) is 0.312. The predicted molar refractivity (Wildman–Crippen MR) is 91.0 cm³/mol. The van der Waals surface area contributed by atoms with Crippen molar-refractivity contribution in [2.24, 2.45) is 0 Å². The summed E-state index contributed by atoms with van der Waals surface area (Å²) < 4.78 is 26.3. The zero-order valence-electron chi connectivity index (χ0n) is 13.5. The Morgan fingerprint density at radius 1 is 1.21 bits per heavy atom. The quantitative estimate of drug-likeness (QED) is 0.566. The summed E-state index contributed by atoms with van der Waals surface area (Å²) in [5.74, 6) is -0.0709. The summed E-state index contributed by atoms with van der Waals surface area (Å²) in [6.07, 6.45) is 1.92. The fourth-order valence-electron chi connectivity index (χ4n) is 2.23. The molecule has 0 bridgehead atoms. The van der Waals surface area contributed by atoms with Crippen LogP contribution in [0.25, 0.3) is 0 Å². The van der Waals surface area contributed by atoms with E-state index in [1.54, 1.807) is 37.4 Å². The van der Waals surface area contributed by atoms with Crippen molar-refractivity contribution < 1.29 is 13.3 Å². The lowest BCUT2D eigenvalue weighted by molar-refractivity contribution is -0.384. The fourth-order valence-corrected chi connectivity index (χ4v) is 3.60. The number of aryl methyl sites for hydroxylation is 1. The van der Waals surface area contributed by atoms with Crippen molar-refractivity contribution in [1.82, 2.24) is 9.29 Å². The molecule has 1 atom stereocenters. The minimum absolute atomic E-state index is 0.0116. The average molecular weight is 349 g/mol. The van der Waals surface area contributed by atoms with Gasteiger partial charge in [0.15, 0.2) is 0 Å². The number of hydrogen-bond acceptors (Lipinski definition) is 5. The van der Waals surface area contributed by atoms with Crippen LogP contribution in [-0.4, -0.2) is 35.4 Å². The maximum absolute atomic E-state index is 12.5. The Morgan fingerprint density at radius 2 is 1.88 bits per heavy atom. The van der Waals surface area contributed by atoms with Gasteiger partial charge < -0.3 is 0 Å². The van der Waals surface area contributed by atoms with Crippen LogP contribution in [0, 0.1) is 10.1 Å². The number of benzene rings is 1. The predicted octanol–water partition coefficient (Wildman–Crippen LogP) is 2.56. The first-order chi connectivity index (χ1) is 11.3. The number of nitro benzene ring substituents is 1. The molecule has 0 saturated heterocycles. The minimum Gasteiger partial charge on any atom is -0.260 e. The molecule has 2 rings (SSSR count). The summed E-state index contributed by atoms with van der Waals surface area (Å²) in [7, 11) is -1.94. The van der Waals surface area contributed by atoms with Crippen LogP contribution in [-0.2, 0) is 16.4 Å². The Bertz CT molecular complexity index is 792. The molecule has 0 N–H and O–H groups in total. The average Bonchev–Trinajstić information content (AvgIpc) is 2.59. The van der Waals surface area contributed by atoms with Gasteiger partial charge in [-0.3, -0.25) is 15.1 Å². The second-order valence-corrected chi connectivity index (χ2v) is 7.58. The Morgan fingerprint density at radius 3 is 2.42 bits per heavy atom. The van der Waals surface area contributed by atoms with Gasteiger partial charge in [-0.25, -0.2) is 8.42 Å². The van der Waals surface area contributed by atoms with Gasteiger partial charge in [-0.15, -0.1) is 0 Å². The van der Waals surface area contributed by atoms with Gasteiger partial charge in [0.25, 0.3) is 5.69 Å². The normalized spacial score (nSPS) is 13.0. The number of pyridine rings is 1. The van der Waals surface area contributed by atoms with Crippen molar-refractivity contribution in [2.75, 3.05) is 12.8 Å². The van der Waals surface area contributed by atoms with Crippen LogP contribution >= 0.6 is 0 Å². The highest BCUT2D eigenvalue weighted by Gasteiger charge is 2.24. The van der Waals surface area contributed by atoms with Crippen LogP contribution in [0.5, 0.6) is 0 Å². The molecule has 128 valence electrons. The molecular formula is C16H19N3O4S. The monoisotopic (exact) mass is 349 g/mol. The van der Waals surface area contributed by atoms with E-state index in [2.05, 4.69) is 4.98 Å². The number of nitro groups is 1. The number of rotatable bonds is 7. The van der Waals surface area contributed by atoms with E-state index in [1.807, 2.05) is 6.07 Å². The van der Waals surface area contributed by atoms with Gasteiger partial charge in [0, 0.05) is 25.4 Å². The molecule has 8 heteroatoms. The zero-order chi connectivity index (χ0) is 17.7. The summed E-state index contributed by atoms with van der Waals surface area (Å²) in [5.41, 5.74) is 1.41. The molecule has 0 saturated carbocycles. The van der Waals surface area contributed by atoms with Crippen molar-refractivity contribution in [3.63, 3.8) is 0 Å². The molecule has 24 heavy (non-hydrogen) atoms. The maximum atomic E-state index is 12.5. The van der Waals surface area contributed by atoms with Gasteiger partial charge in [0.2, 0.25) is 10.0 Å². The summed E-state index contributed by atoms with van der Waals surface area (Å²) in [4.78, 5) is 14.3. The number of nitrogens with zero attached hydrogens (tertiary/aromatic N) is 3. The third-order valence-corrected chi connectivity index (χ3v) is 5.81. The van der Waals surface area contributed by atoms with Crippen molar-refractivity contribution in [1.29, 1.82) is 0 Å². The lowest BCUT2D eigenvalue weighted by Crippen LogP contribution is -2.32. The van der Waals surface area contributed by atoms with Crippen molar-refractivity contribution >= 4 is 15.7 Å². The van der Waals surface area contributed by atoms with E-state index < -0.39 is 14.9 Å². The second-order valence-electron chi connectivity index (χ2n) is 5.44. The van der Waals surface area contributed by atoms with E-state index in [0.717, 1.165) is 5.56 Å². The third kappa shape index (κ3) is 4.36. The Kier molecular flexibility index (Phi) is 5.63. The molecular weight excluding hydrogens is 330 g/mol. The molecule has 1 aromatic carbocycles. The molecule has 0 radical (unpaired) electrons. The van der Waals surface area contributed by atoms with E-state index >= 15 is 0 Å². The van der Waals surface area contributed by atoms with Crippen LogP contribution in [0.3, 0.4) is 0 Å². The number of non-ortho nitro benzene ring substituents is 1. The van der Waals surface area contributed by atoms with Crippen molar-refractivity contribution in [2.45, 2.75) is 19.4 Å². The van der Waals surface area contributed by atoms with Crippen LogP contribution < -0.4 is 0 Å². The lowest BCUT2D eigenvalue weighted by atomic mass is 10.1. The van der Waals surface area contributed by atoms with Gasteiger partial charge in [0.1, 0.15) is 0 Å². The molecule has 1 aromatic heterocycles. The Labute approximate surface area is 141 Å². The third-order valence-electron chi connectivity index (χ3n) is 3.90. The maximum Gasteiger partial charge on any atom is 0.269 e. The SMILES string of the molecule is C[C@H](c1ccccn1)N(C)S(=O)(=O)CCc1ccc([N+](=O)[O-])cc1. The first-order valence-corrected chi connectivity index (χ1v) is 9.02. The van der Waals surface area contributed by atoms with Crippen LogP contribution in [0.1, 0.15) is 24.2 Å². The van der Waals surface area contributed by atoms with Crippen LogP contribution in [0.2, 0.25) is 0 Å². The molecule has 0 aliphatic rings. The molecule has 1 heterocycles. The Balaban J connectivity index is 2.03. The van der Waals surface area contributed by atoms with Gasteiger partial charge in [0.05, 0.1) is 22.4 Å². The molecule has 0 aliphatic heterocycles. The highest BCUT2D eigenvalue weighted by Crippen LogP contribution is 2.20. The highest BCUT2D eigenvalue weighted by atomic mass is 32.2. The van der Waals surface area contributed by atoms with Gasteiger partial charge >= 0.3 is 0 Å². The lowest BCUT2D eigenvalue weighted by Gasteiger charge is -2.23. The highest BCUT2D eigenvalue weighted by molar-refractivity contribution is 7.89. The summed E-state index contributed by atoms with van der Waals surface area (Å²) >= 11 is 0. The molecule has 7 nitrogen and oxygen atoms in total. The standard InChI is InChI=1S/C16H19N3O4S/c1-13(16-5-3-4-11-17-16)18(2)24(22,23)12-10-14-6-8-15(9-7-14)19(20)21/h3-9,11,13H,10,12H2,1-2H3/t13-/m1/s1. The summed E-state index contributed by atoms with van der Waals surface area (Å²) in [6.45, 7) is 1.78. The molecule has 0 fully saturated rings. The van der Waals surface area contributed by atoms with E-state index in [4.69, 9.17) is 0 Å². The number of sulfonamides is 1. The van der Waals surface area contributed by atoms with Crippen molar-refractivity contribution in [3.05, 3.63) is 70.0 Å².